The molecule has 20 heavy (non-hydrogen) atoms. The van der Waals surface area contributed by atoms with Crippen LogP contribution < -0.4 is 4.72 Å². The van der Waals surface area contributed by atoms with Crippen molar-refractivity contribution in [3.63, 3.8) is 0 Å². The van der Waals surface area contributed by atoms with Gasteiger partial charge in [-0.25, -0.2) is 13.1 Å². The standard InChI is InChI=1S/C14H14ClNO3S/c15-13-6-4-11(5-7-13)9-16-20(18,19)14-3-1-2-12(8-14)10-17/h1-8,16-17H,9-10H2. The predicted molar refractivity (Wildman–Crippen MR) is 77.8 cm³/mol. The second-order valence-corrected chi connectivity index (χ2v) is 6.46. The zero-order valence-corrected chi connectivity index (χ0v) is 12.2. The molecule has 2 aromatic carbocycles. The molecule has 0 aliphatic heterocycles. The molecule has 0 amide bonds. The molecule has 4 nitrogen and oxygen atoms in total. The van der Waals surface area contributed by atoms with E-state index in [1.54, 1.807) is 36.4 Å². The van der Waals surface area contributed by atoms with Crippen molar-refractivity contribution in [1.29, 1.82) is 0 Å². The predicted octanol–water partition coefficient (Wildman–Crippen LogP) is 2.31. The molecule has 0 heterocycles. The summed E-state index contributed by atoms with van der Waals surface area (Å²) in [6.07, 6.45) is 0. The van der Waals surface area contributed by atoms with Gasteiger partial charge in [0.15, 0.2) is 0 Å². The van der Waals surface area contributed by atoms with Crippen LogP contribution in [-0.2, 0) is 23.2 Å². The van der Waals surface area contributed by atoms with Crippen LogP contribution in [0.1, 0.15) is 11.1 Å². The first kappa shape index (κ1) is 15.0. The van der Waals surface area contributed by atoms with Gasteiger partial charge >= 0.3 is 0 Å². The van der Waals surface area contributed by atoms with Gasteiger partial charge in [-0.1, -0.05) is 35.9 Å². The summed E-state index contributed by atoms with van der Waals surface area (Å²) in [5, 5.41) is 9.64. The maximum Gasteiger partial charge on any atom is 0.240 e. The van der Waals surface area contributed by atoms with E-state index in [4.69, 9.17) is 16.7 Å². The topological polar surface area (TPSA) is 66.4 Å². The fourth-order valence-electron chi connectivity index (χ4n) is 1.67. The number of benzene rings is 2. The minimum absolute atomic E-state index is 0.137. The van der Waals surface area contributed by atoms with Gasteiger partial charge in [0.1, 0.15) is 0 Å². The Morgan fingerprint density at radius 2 is 1.75 bits per heavy atom. The SMILES string of the molecule is O=S(=O)(NCc1ccc(Cl)cc1)c1cccc(CO)c1. The molecule has 0 atom stereocenters. The Morgan fingerprint density at radius 1 is 1.05 bits per heavy atom. The van der Waals surface area contributed by atoms with E-state index in [2.05, 4.69) is 4.72 Å². The molecule has 0 saturated heterocycles. The molecule has 0 aliphatic carbocycles. The third-order valence-electron chi connectivity index (χ3n) is 2.77. The summed E-state index contributed by atoms with van der Waals surface area (Å²) in [6.45, 7) is -0.0105. The van der Waals surface area contributed by atoms with Crippen molar-refractivity contribution in [3.05, 3.63) is 64.7 Å². The molecule has 2 rings (SSSR count). The molecule has 0 radical (unpaired) electrons. The van der Waals surface area contributed by atoms with Crippen molar-refractivity contribution in [2.75, 3.05) is 0 Å². The highest BCUT2D eigenvalue weighted by molar-refractivity contribution is 7.89. The zero-order valence-electron chi connectivity index (χ0n) is 10.6. The van der Waals surface area contributed by atoms with Crippen LogP contribution in [0, 0.1) is 0 Å². The molecule has 0 aromatic heterocycles. The minimum atomic E-state index is -3.60. The smallest absolute Gasteiger partial charge is 0.240 e. The van der Waals surface area contributed by atoms with Crippen LogP contribution in [0.2, 0.25) is 5.02 Å². The maximum absolute atomic E-state index is 12.1. The molecule has 0 aliphatic rings. The molecule has 2 aromatic rings. The van der Waals surface area contributed by atoms with Gasteiger partial charge in [0.2, 0.25) is 10.0 Å². The Kier molecular flexibility index (Phi) is 4.77. The quantitative estimate of drug-likeness (QED) is 0.890. The van der Waals surface area contributed by atoms with Crippen molar-refractivity contribution < 1.29 is 13.5 Å². The molecule has 0 unspecified atom stereocenters. The van der Waals surface area contributed by atoms with Gasteiger partial charge in [0, 0.05) is 11.6 Å². The van der Waals surface area contributed by atoms with E-state index < -0.39 is 10.0 Å². The number of nitrogens with one attached hydrogen (secondary N) is 1. The van der Waals surface area contributed by atoms with Gasteiger partial charge in [-0.05, 0) is 35.4 Å². The van der Waals surface area contributed by atoms with Crippen molar-refractivity contribution in [1.82, 2.24) is 4.72 Å². The van der Waals surface area contributed by atoms with Crippen LogP contribution in [0.25, 0.3) is 0 Å². The van der Waals surface area contributed by atoms with Crippen LogP contribution in [0.4, 0.5) is 0 Å². The zero-order chi connectivity index (χ0) is 14.6. The molecular formula is C14H14ClNO3S. The van der Waals surface area contributed by atoms with Gasteiger partial charge in [-0.2, -0.15) is 0 Å². The van der Waals surface area contributed by atoms with E-state index in [0.29, 0.717) is 10.6 Å². The minimum Gasteiger partial charge on any atom is -0.392 e. The third-order valence-corrected chi connectivity index (χ3v) is 4.42. The molecular weight excluding hydrogens is 298 g/mol. The van der Waals surface area contributed by atoms with Crippen LogP contribution in [-0.4, -0.2) is 13.5 Å². The Bertz CT molecular complexity index is 684. The average Bonchev–Trinajstić information content (AvgIpc) is 2.47. The van der Waals surface area contributed by atoms with Crippen LogP contribution >= 0.6 is 11.6 Å². The van der Waals surface area contributed by atoms with Gasteiger partial charge in [-0.3, -0.25) is 0 Å². The number of sulfonamides is 1. The van der Waals surface area contributed by atoms with E-state index in [1.807, 2.05) is 0 Å². The lowest BCUT2D eigenvalue weighted by Gasteiger charge is -2.08. The van der Waals surface area contributed by atoms with Gasteiger partial charge in [-0.15, -0.1) is 0 Å². The Balaban J connectivity index is 2.12. The normalized spacial score (nSPS) is 11.5. The number of rotatable bonds is 5. The lowest BCUT2D eigenvalue weighted by molar-refractivity contribution is 0.281. The van der Waals surface area contributed by atoms with E-state index in [-0.39, 0.29) is 18.0 Å². The summed E-state index contributed by atoms with van der Waals surface area (Å²) in [5.41, 5.74) is 1.37. The third kappa shape index (κ3) is 3.80. The largest absolute Gasteiger partial charge is 0.392 e. The molecule has 0 spiro atoms. The lowest BCUT2D eigenvalue weighted by atomic mass is 10.2. The highest BCUT2D eigenvalue weighted by atomic mass is 35.5. The highest BCUT2D eigenvalue weighted by Crippen LogP contribution is 2.13. The van der Waals surface area contributed by atoms with E-state index in [9.17, 15) is 8.42 Å². The molecule has 6 heteroatoms. The van der Waals surface area contributed by atoms with Gasteiger partial charge in [0.05, 0.1) is 11.5 Å². The number of hydrogen-bond donors (Lipinski definition) is 2. The summed E-state index contributed by atoms with van der Waals surface area (Å²) >= 11 is 5.77. The number of aliphatic hydroxyl groups excluding tert-OH is 1. The lowest BCUT2D eigenvalue weighted by Crippen LogP contribution is -2.23. The molecule has 0 saturated carbocycles. The first-order valence-electron chi connectivity index (χ1n) is 5.95. The second kappa shape index (κ2) is 6.37. The van der Waals surface area contributed by atoms with Crippen LogP contribution in [0.3, 0.4) is 0 Å². The van der Waals surface area contributed by atoms with Crippen molar-refractivity contribution in [2.45, 2.75) is 18.0 Å². The summed E-state index contributed by atoms with van der Waals surface area (Å²) in [7, 11) is -3.60. The fourth-order valence-corrected chi connectivity index (χ4v) is 2.89. The monoisotopic (exact) mass is 311 g/mol. The number of halogens is 1. The second-order valence-electron chi connectivity index (χ2n) is 4.26. The van der Waals surface area contributed by atoms with Crippen molar-refractivity contribution >= 4 is 21.6 Å². The molecule has 0 fully saturated rings. The highest BCUT2D eigenvalue weighted by Gasteiger charge is 2.13. The van der Waals surface area contributed by atoms with E-state index in [0.717, 1.165) is 5.56 Å². The summed E-state index contributed by atoms with van der Waals surface area (Å²) in [6, 6.07) is 13.1. The first-order chi connectivity index (χ1) is 9.51. The summed E-state index contributed by atoms with van der Waals surface area (Å²) in [5.74, 6) is 0. The Hall–Kier alpha value is -1.40. The summed E-state index contributed by atoms with van der Waals surface area (Å²) in [4.78, 5) is 0.137. The maximum atomic E-state index is 12.1. The van der Waals surface area contributed by atoms with Gasteiger partial charge < -0.3 is 5.11 Å². The van der Waals surface area contributed by atoms with Crippen molar-refractivity contribution in [2.24, 2.45) is 0 Å². The average molecular weight is 312 g/mol. The van der Waals surface area contributed by atoms with Crippen LogP contribution in [0.15, 0.2) is 53.4 Å². The number of hydrogen-bond acceptors (Lipinski definition) is 3. The van der Waals surface area contributed by atoms with E-state index >= 15 is 0 Å². The molecule has 106 valence electrons. The Labute approximate surface area is 123 Å². The molecule has 2 N–H and O–H groups in total. The first-order valence-corrected chi connectivity index (χ1v) is 7.81. The fraction of sp³-hybridized carbons (Fsp3) is 0.143. The summed E-state index contributed by atoms with van der Waals surface area (Å²) < 4.78 is 26.8. The molecule has 0 bridgehead atoms. The van der Waals surface area contributed by atoms with Crippen LogP contribution in [0.5, 0.6) is 0 Å². The Morgan fingerprint density at radius 3 is 2.40 bits per heavy atom. The van der Waals surface area contributed by atoms with E-state index in [1.165, 1.54) is 12.1 Å². The van der Waals surface area contributed by atoms with Gasteiger partial charge in [0.25, 0.3) is 0 Å². The number of aliphatic hydroxyl groups is 1. The van der Waals surface area contributed by atoms with Crippen molar-refractivity contribution in [3.8, 4) is 0 Å².